The van der Waals surface area contributed by atoms with Crippen molar-refractivity contribution in [3.63, 3.8) is 0 Å². The summed E-state index contributed by atoms with van der Waals surface area (Å²) in [5.41, 5.74) is 2.73. The second kappa shape index (κ2) is 5.42. The largest absolute Gasteiger partial charge is 0.268 e. The van der Waals surface area contributed by atoms with Crippen LogP contribution in [0.2, 0.25) is 0 Å². The van der Waals surface area contributed by atoms with Crippen molar-refractivity contribution in [3.05, 3.63) is 89.7 Å². The lowest BCUT2D eigenvalue weighted by Gasteiger charge is -2.18. The molecule has 0 N–H and O–H groups in total. The van der Waals surface area contributed by atoms with Crippen LogP contribution < -0.4 is 4.90 Å². The summed E-state index contributed by atoms with van der Waals surface area (Å²) >= 11 is 0. The van der Waals surface area contributed by atoms with Gasteiger partial charge in [-0.3, -0.25) is 9.59 Å². The first-order valence-corrected chi connectivity index (χ1v) is 7.49. The second-order valence-electron chi connectivity index (χ2n) is 5.52. The van der Waals surface area contributed by atoms with Gasteiger partial charge in [0.2, 0.25) is 0 Å². The van der Waals surface area contributed by atoms with Crippen LogP contribution in [-0.2, 0) is 0 Å². The molecular formula is C20H12FNO2. The zero-order chi connectivity index (χ0) is 16.7. The number of imide groups is 1. The summed E-state index contributed by atoms with van der Waals surface area (Å²) in [6.45, 7) is 0. The van der Waals surface area contributed by atoms with E-state index in [1.165, 1.54) is 17.0 Å². The van der Waals surface area contributed by atoms with Gasteiger partial charge in [-0.25, -0.2) is 9.29 Å². The van der Waals surface area contributed by atoms with E-state index in [1.54, 1.807) is 48.5 Å². The molecule has 1 heterocycles. The van der Waals surface area contributed by atoms with Crippen LogP contribution in [0.5, 0.6) is 0 Å². The molecule has 3 aromatic carbocycles. The molecule has 1 aliphatic heterocycles. The van der Waals surface area contributed by atoms with Gasteiger partial charge in [0.05, 0.1) is 16.8 Å². The number of fused-ring (bicyclic) bond motifs is 1. The molecule has 0 atom stereocenters. The first-order valence-electron chi connectivity index (χ1n) is 7.49. The van der Waals surface area contributed by atoms with Crippen LogP contribution in [0.15, 0.2) is 72.8 Å². The van der Waals surface area contributed by atoms with Gasteiger partial charge in [-0.1, -0.05) is 42.5 Å². The van der Waals surface area contributed by atoms with Crippen LogP contribution in [-0.4, -0.2) is 11.8 Å². The third kappa shape index (κ3) is 2.12. The fraction of sp³-hybridized carbons (Fsp3) is 0. The average molecular weight is 317 g/mol. The van der Waals surface area contributed by atoms with Gasteiger partial charge in [-0.2, -0.15) is 0 Å². The van der Waals surface area contributed by atoms with Crippen molar-refractivity contribution in [2.45, 2.75) is 0 Å². The monoisotopic (exact) mass is 317 g/mol. The molecule has 116 valence electrons. The molecule has 0 fully saturated rings. The lowest BCUT2D eigenvalue weighted by atomic mass is 10.0. The highest BCUT2D eigenvalue weighted by Crippen LogP contribution is 2.35. The van der Waals surface area contributed by atoms with Crippen LogP contribution in [0.4, 0.5) is 10.1 Å². The summed E-state index contributed by atoms with van der Waals surface area (Å²) in [6, 6.07) is 19.9. The van der Waals surface area contributed by atoms with Gasteiger partial charge in [-0.05, 0) is 35.9 Å². The molecule has 0 saturated carbocycles. The Morgan fingerprint density at radius 3 is 1.71 bits per heavy atom. The third-order valence-electron chi connectivity index (χ3n) is 4.09. The van der Waals surface area contributed by atoms with E-state index in [0.717, 1.165) is 5.56 Å². The van der Waals surface area contributed by atoms with Crippen LogP contribution >= 0.6 is 0 Å². The van der Waals surface area contributed by atoms with Crippen molar-refractivity contribution in [1.29, 1.82) is 0 Å². The number of rotatable bonds is 2. The van der Waals surface area contributed by atoms with Gasteiger partial charge in [0.1, 0.15) is 5.82 Å². The highest BCUT2D eigenvalue weighted by atomic mass is 19.1. The minimum Gasteiger partial charge on any atom is -0.268 e. The quantitative estimate of drug-likeness (QED) is 0.661. The summed E-state index contributed by atoms with van der Waals surface area (Å²) in [4.78, 5) is 26.6. The molecule has 3 aromatic rings. The van der Waals surface area contributed by atoms with Crippen molar-refractivity contribution >= 4 is 17.5 Å². The van der Waals surface area contributed by atoms with Crippen LogP contribution in [0.3, 0.4) is 0 Å². The molecule has 1 aliphatic rings. The highest BCUT2D eigenvalue weighted by molar-refractivity contribution is 6.35. The molecule has 3 nitrogen and oxygen atoms in total. The van der Waals surface area contributed by atoms with E-state index in [4.69, 9.17) is 0 Å². The second-order valence-corrected chi connectivity index (χ2v) is 5.52. The number of halogens is 1. The van der Waals surface area contributed by atoms with Gasteiger partial charge in [0.25, 0.3) is 11.8 Å². The fourth-order valence-corrected chi connectivity index (χ4v) is 2.95. The number of hydrogen-bond acceptors (Lipinski definition) is 2. The maximum absolute atomic E-state index is 13.2. The molecule has 0 radical (unpaired) electrons. The Labute approximate surface area is 138 Å². The lowest BCUT2D eigenvalue weighted by molar-refractivity contribution is 0.0926. The van der Waals surface area contributed by atoms with E-state index < -0.39 is 0 Å². The Kier molecular flexibility index (Phi) is 3.24. The smallest absolute Gasteiger partial charge is 0.266 e. The van der Waals surface area contributed by atoms with E-state index in [-0.39, 0.29) is 17.6 Å². The number of anilines is 1. The zero-order valence-corrected chi connectivity index (χ0v) is 12.6. The molecule has 4 rings (SSSR count). The summed E-state index contributed by atoms with van der Waals surface area (Å²) in [6.07, 6.45) is 0. The molecule has 4 heteroatoms. The van der Waals surface area contributed by atoms with Crippen molar-refractivity contribution in [2.24, 2.45) is 0 Å². The minimum absolute atomic E-state index is 0.336. The van der Waals surface area contributed by atoms with Crippen molar-refractivity contribution in [2.75, 3.05) is 4.90 Å². The Morgan fingerprint density at radius 1 is 0.625 bits per heavy atom. The van der Waals surface area contributed by atoms with E-state index >= 15 is 0 Å². The Balaban J connectivity index is 1.86. The normalized spacial score (nSPS) is 13.3. The molecule has 0 unspecified atom stereocenters. The number of benzene rings is 3. The van der Waals surface area contributed by atoms with Crippen molar-refractivity contribution in [1.82, 2.24) is 0 Å². The molecule has 0 saturated heterocycles. The first-order chi connectivity index (χ1) is 11.7. The number of para-hydroxylation sites is 1. The molecule has 0 aromatic heterocycles. The molecular weight excluding hydrogens is 305 g/mol. The average Bonchev–Trinajstić information content (AvgIpc) is 2.87. The topological polar surface area (TPSA) is 37.4 Å². The maximum atomic E-state index is 13.2. The van der Waals surface area contributed by atoms with Crippen LogP contribution in [0.1, 0.15) is 20.7 Å². The SMILES string of the molecule is O=C1c2ccccc2C(=O)N1c1ccccc1-c1ccc(F)cc1. The Morgan fingerprint density at radius 2 is 1.12 bits per heavy atom. The van der Waals surface area contributed by atoms with Crippen molar-refractivity contribution in [3.8, 4) is 11.1 Å². The minimum atomic E-state index is -0.342. The number of nitrogens with zero attached hydrogens (tertiary/aromatic N) is 1. The standard InChI is InChI=1S/C20H12FNO2/c21-14-11-9-13(10-12-14)15-5-3-4-8-18(15)22-19(23)16-6-1-2-7-17(16)20(22)24/h1-12H. The predicted octanol–water partition coefficient (Wildman–Crippen LogP) is 4.29. The van der Waals surface area contributed by atoms with E-state index in [1.807, 2.05) is 12.1 Å². The zero-order valence-electron chi connectivity index (χ0n) is 12.6. The molecule has 0 bridgehead atoms. The van der Waals surface area contributed by atoms with Crippen molar-refractivity contribution < 1.29 is 14.0 Å². The summed E-state index contributed by atoms with van der Waals surface area (Å²) in [5.74, 6) is -1.02. The summed E-state index contributed by atoms with van der Waals surface area (Å²) < 4.78 is 13.2. The predicted molar refractivity (Wildman–Crippen MR) is 89.4 cm³/mol. The van der Waals surface area contributed by atoms with E-state index in [9.17, 15) is 14.0 Å². The highest BCUT2D eigenvalue weighted by Gasteiger charge is 2.37. The Bertz CT molecular complexity index is 928. The van der Waals surface area contributed by atoms with Gasteiger partial charge in [0, 0.05) is 5.56 Å². The van der Waals surface area contributed by atoms with E-state index in [0.29, 0.717) is 22.4 Å². The number of amides is 2. The molecule has 0 aliphatic carbocycles. The fourth-order valence-electron chi connectivity index (χ4n) is 2.95. The van der Waals surface area contributed by atoms with Crippen LogP contribution in [0, 0.1) is 5.82 Å². The van der Waals surface area contributed by atoms with Gasteiger partial charge < -0.3 is 0 Å². The van der Waals surface area contributed by atoms with Gasteiger partial charge in [0.15, 0.2) is 0 Å². The first kappa shape index (κ1) is 14.3. The van der Waals surface area contributed by atoms with Gasteiger partial charge in [-0.15, -0.1) is 0 Å². The maximum Gasteiger partial charge on any atom is 0.266 e. The van der Waals surface area contributed by atoms with Crippen LogP contribution in [0.25, 0.3) is 11.1 Å². The Hall–Kier alpha value is -3.27. The third-order valence-corrected chi connectivity index (χ3v) is 4.09. The lowest BCUT2D eigenvalue weighted by Crippen LogP contribution is -2.29. The molecule has 2 amide bonds. The summed E-state index contributed by atoms with van der Waals surface area (Å²) in [7, 11) is 0. The molecule has 0 spiro atoms. The summed E-state index contributed by atoms with van der Waals surface area (Å²) in [5, 5.41) is 0. The number of hydrogen-bond donors (Lipinski definition) is 0. The number of carbonyl (C=O) groups is 2. The number of carbonyl (C=O) groups excluding carboxylic acids is 2. The van der Waals surface area contributed by atoms with E-state index in [2.05, 4.69) is 0 Å². The molecule has 24 heavy (non-hydrogen) atoms. The van der Waals surface area contributed by atoms with Gasteiger partial charge >= 0.3 is 0 Å².